The molecule has 0 bridgehead atoms. The molecule has 1 aliphatic heterocycles. The maximum atomic E-state index is 13.7. The summed E-state index contributed by atoms with van der Waals surface area (Å²) in [6.45, 7) is 10.4. The van der Waals surface area contributed by atoms with Gasteiger partial charge in [-0.3, -0.25) is 14.4 Å². The van der Waals surface area contributed by atoms with Crippen molar-refractivity contribution in [2.75, 3.05) is 0 Å². The number of hydrogen-bond acceptors (Lipinski definition) is 5. The van der Waals surface area contributed by atoms with Crippen molar-refractivity contribution in [2.45, 2.75) is 105 Å². The van der Waals surface area contributed by atoms with E-state index in [9.17, 15) is 14.4 Å². The molecule has 0 N–H and O–H groups in total. The molecule has 0 aromatic heterocycles. The summed E-state index contributed by atoms with van der Waals surface area (Å²) in [6.07, 6.45) is 9.17. The summed E-state index contributed by atoms with van der Waals surface area (Å²) in [5.74, 6) is 2.01. The Kier molecular flexibility index (Phi) is 6.10. The van der Waals surface area contributed by atoms with Gasteiger partial charge in [0, 0.05) is 31.1 Å². The molecule has 0 radical (unpaired) electrons. The molecular formula is C29H42O5. The van der Waals surface area contributed by atoms with Crippen molar-refractivity contribution in [1.82, 2.24) is 0 Å². The van der Waals surface area contributed by atoms with Crippen LogP contribution in [0.3, 0.4) is 0 Å². The van der Waals surface area contributed by atoms with Crippen LogP contribution < -0.4 is 0 Å². The van der Waals surface area contributed by atoms with Crippen LogP contribution in [0, 0.1) is 46.3 Å². The first-order valence-electron chi connectivity index (χ1n) is 13.7. The minimum Gasteiger partial charge on any atom is -0.435 e. The predicted octanol–water partition coefficient (Wildman–Crippen LogP) is 5.65. The predicted molar refractivity (Wildman–Crippen MR) is 129 cm³/mol. The van der Waals surface area contributed by atoms with Crippen LogP contribution in [0.1, 0.15) is 92.4 Å². The van der Waals surface area contributed by atoms with Crippen LogP contribution in [-0.2, 0) is 23.9 Å². The number of hydrogen-bond donors (Lipinski definition) is 0. The minimum absolute atomic E-state index is 0.0504. The third-order valence-corrected chi connectivity index (χ3v) is 10.6. The molecule has 5 nitrogen and oxygen atoms in total. The summed E-state index contributed by atoms with van der Waals surface area (Å²) in [4.78, 5) is 38.1. The molecule has 5 rings (SSSR count). The molecule has 1 heterocycles. The van der Waals surface area contributed by atoms with Gasteiger partial charge < -0.3 is 9.47 Å². The number of carbonyl (C=O) groups is 3. The molecule has 1 saturated heterocycles. The third-order valence-electron chi connectivity index (χ3n) is 10.6. The average Bonchev–Trinajstić information content (AvgIpc) is 3.08. The van der Waals surface area contributed by atoms with Crippen LogP contribution >= 0.6 is 0 Å². The van der Waals surface area contributed by atoms with E-state index in [2.05, 4.69) is 27.7 Å². The zero-order valence-corrected chi connectivity index (χ0v) is 21.6. The molecule has 4 aliphatic carbocycles. The van der Waals surface area contributed by atoms with Gasteiger partial charge in [0.05, 0.1) is 6.10 Å². The second-order valence-corrected chi connectivity index (χ2v) is 12.7. The van der Waals surface area contributed by atoms with Crippen molar-refractivity contribution in [3.8, 4) is 0 Å². The van der Waals surface area contributed by atoms with Crippen LogP contribution in [0.5, 0.6) is 0 Å². The fourth-order valence-electron chi connectivity index (χ4n) is 9.09. The molecule has 5 heteroatoms. The molecular weight excluding hydrogens is 428 g/mol. The molecule has 0 amide bonds. The van der Waals surface area contributed by atoms with Gasteiger partial charge in [-0.2, -0.15) is 0 Å². The number of ether oxygens (including phenoxy) is 2. The lowest BCUT2D eigenvalue weighted by Crippen LogP contribution is -2.62. The Balaban J connectivity index is 1.50. The first-order chi connectivity index (χ1) is 16.1. The first-order valence-corrected chi connectivity index (χ1v) is 13.7. The highest BCUT2D eigenvalue weighted by Gasteiger charge is 2.70. The second-order valence-electron chi connectivity index (χ2n) is 12.7. The molecule has 4 fully saturated rings. The number of fused-ring (bicyclic) bond motifs is 4. The van der Waals surface area contributed by atoms with Gasteiger partial charge in [-0.1, -0.05) is 33.3 Å². The smallest absolute Gasteiger partial charge is 0.304 e. The Morgan fingerprint density at radius 2 is 1.94 bits per heavy atom. The van der Waals surface area contributed by atoms with E-state index in [-0.39, 0.29) is 41.0 Å². The molecule has 5 aliphatic rings. The summed E-state index contributed by atoms with van der Waals surface area (Å²) in [5, 5.41) is 0. The molecule has 0 aromatic rings. The largest absolute Gasteiger partial charge is 0.435 e. The van der Waals surface area contributed by atoms with Crippen LogP contribution in [0.25, 0.3) is 0 Å². The zero-order chi connectivity index (χ0) is 24.4. The van der Waals surface area contributed by atoms with Gasteiger partial charge >= 0.3 is 5.97 Å². The van der Waals surface area contributed by atoms with Crippen molar-refractivity contribution >= 4 is 17.5 Å². The highest BCUT2D eigenvalue weighted by Crippen LogP contribution is 2.69. The lowest BCUT2D eigenvalue weighted by molar-refractivity contribution is -0.299. The Morgan fingerprint density at radius 1 is 1.18 bits per heavy atom. The van der Waals surface area contributed by atoms with Gasteiger partial charge in [-0.15, -0.1) is 0 Å². The van der Waals surface area contributed by atoms with Gasteiger partial charge in [0.2, 0.25) is 6.29 Å². The highest BCUT2D eigenvalue weighted by molar-refractivity contribution is 5.91. The van der Waals surface area contributed by atoms with E-state index in [1.165, 1.54) is 12.5 Å². The van der Waals surface area contributed by atoms with E-state index < -0.39 is 11.7 Å². The van der Waals surface area contributed by atoms with Crippen LogP contribution in [0.4, 0.5) is 0 Å². The number of ketones is 2. The van der Waals surface area contributed by atoms with Gasteiger partial charge in [0.1, 0.15) is 5.78 Å². The van der Waals surface area contributed by atoms with Crippen molar-refractivity contribution in [3.63, 3.8) is 0 Å². The van der Waals surface area contributed by atoms with Gasteiger partial charge in [-0.25, -0.2) is 0 Å². The lowest BCUT2D eigenvalue weighted by atomic mass is 9.45. The Labute approximate surface area is 204 Å². The maximum Gasteiger partial charge on any atom is 0.304 e. The molecule has 34 heavy (non-hydrogen) atoms. The number of rotatable bonds is 4. The molecule has 1 spiro atoms. The highest BCUT2D eigenvalue weighted by atomic mass is 16.7. The van der Waals surface area contributed by atoms with E-state index >= 15 is 0 Å². The van der Waals surface area contributed by atoms with E-state index in [0.29, 0.717) is 36.4 Å². The Morgan fingerprint density at radius 3 is 2.65 bits per heavy atom. The second kappa shape index (κ2) is 8.57. The summed E-state index contributed by atoms with van der Waals surface area (Å²) in [7, 11) is 0. The number of Topliss-reactive ketones (excluding diaryl/α,β-unsaturated/α-hetero) is 1. The summed E-state index contributed by atoms with van der Waals surface area (Å²) < 4.78 is 12.6. The summed E-state index contributed by atoms with van der Waals surface area (Å²) >= 11 is 0. The topological polar surface area (TPSA) is 69.7 Å². The number of carbonyl (C=O) groups excluding carboxylic acids is 3. The molecule has 3 saturated carbocycles. The van der Waals surface area contributed by atoms with Gasteiger partial charge in [0.25, 0.3) is 0 Å². The van der Waals surface area contributed by atoms with Crippen molar-refractivity contribution in [3.05, 3.63) is 11.6 Å². The quantitative estimate of drug-likeness (QED) is 0.496. The van der Waals surface area contributed by atoms with E-state index in [4.69, 9.17) is 9.47 Å². The van der Waals surface area contributed by atoms with E-state index in [1.807, 2.05) is 6.08 Å². The zero-order valence-electron chi connectivity index (χ0n) is 21.6. The monoisotopic (exact) mass is 470 g/mol. The standard InChI is InChI=1S/C29H42O5/c1-16(2)6-9-25-17(3)26-24(32)15-23-21-8-7-19-14-20(31)10-12-28(19,5)22(21)11-13-29(23,26)27(34-25)33-18(4)30/h14,16-17,21-23,25-27H,6-13,15H2,1-5H3/t17-,21-,22+,23+,25-,26+,27-,28+,29-/m1/s1. The van der Waals surface area contributed by atoms with Gasteiger partial charge in [-0.05, 0) is 86.0 Å². The number of allylic oxidation sites excluding steroid dienone is 1. The van der Waals surface area contributed by atoms with Crippen LogP contribution in [-0.4, -0.2) is 29.9 Å². The molecule has 9 atom stereocenters. The summed E-state index contributed by atoms with van der Waals surface area (Å²) in [6, 6.07) is 0. The summed E-state index contributed by atoms with van der Waals surface area (Å²) in [5.41, 5.74) is 0.984. The average molecular weight is 471 g/mol. The number of esters is 1. The Bertz CT molecular complexity index is 904. The lowest BCUT2D eigenvalue weighted by Gasteiger charge is -2.61. The van der Waals surface area contributed by atoms with Crippen molar-refractivity contribution < 1.29 is 23.9 Å². The van der Waals surface area contributed by atoms with Crippen molar-refractivity contribution in [2.24, 2.45) is 46.3 Å². The molecule has 0 aromatic carbocycles. The fraction of sp³-hybridized carbons (Fsp3) is 0.828. The van der Waals surface area contributed by atoms with Crippen molar-refractivity contribution in [1.29, 1.82) is 0 Å². The Hall–Kier alpha value is -1.49. The van der Waals surface area contributed by atoms with E-state index in [1.54, 1.807) is 0 Å². The fourth-order valence-corrected chi connectivity index (χ4v) is 9.09. The van der Waals surface area contributed by atoms with Crippen LogP contribution in [0.2, 0.25) is 0 Å². The third kappa shape index (κ3) is 3.55. The van der Waals surface area contributed by atoms with Gasteiger partial charge in [0.15, 0.2) is 5.78 Å². The minimum atomic E-state index is -0.626. The van der Waals surface area contributed by atoms with E-state index in [0.717, 1.165) is 44.9 Å². The normalized spacial score (nSPS) is 45.7. The SMILES string of the molecule is CC(=O)O[C@@H]1O[C@H](CCC(C)C)[C@@H](C)[C@H]2C(=O)C[C@H]3[C@@H]4CCC5=CC(=O)CC[C@]5(C)[C@H]4CC[C@]123. The first kappa shape index (κ1) is 24.2. The molecule has 188 valence electrons. The van der Waals surface area contributed by atoms with Crippen LogP contribution in [0.15, 0.2) is 11.6 Å². The maximum absolute atomic E-state index is 13.7. The molecule has 0 unspecified atom stereocenters.